The Bertz CT molecular complexity index is 566. The Morgan fingerprint density at radius 1 is 1.23 bits per heavy atom. The lowest BCUT2D eigenvalue weighted by Gasteiger charge is -2.37. The summed E-state index contributed by atoms with van der Waals surface area (Å²) in [5, 5.41) is 2.62. The number of urea groups is 1. The number of nitrogens with zero attached hydrogens (tertiary/aromatic N) is 2. The van der Waals surface area contributed by atoms with E-state index in [9.17, 15) is 22.8 Å². The van der Waals surface area contributed by atoms with E-state index in [-0.39, 0.29) is 31.6 Å². The maximum absolute atomic E-state index is 13.3. The van der Waals surface area contributed by atoms with Crippen LogP contribution >= 0.6 is 11.6 Å². The Morgan fingerprint density at radius 2 is 1.88 bits per heavy atom. The van der Waals surface area contributed by atoms with Gasteiger partial charge in [-0.2, -0.15) is 13.2 Å². The summed E-state index contributed by atoms with van der Waals surface area (Å²) in [7, 11) is 0. The maximum atomic E-state index is 13.3. The molecule has 0 aromatic rings. The van der Waals surface area contributed by atoms with Crippen molar-refractivity contribution < 1.29 is 22.8 Å². The second-order valence-corrected chi connectivity index (χ2v) is 7.98. The van der Waals surface area contributed by atoms with E-state index in [0.29, 0.717) is 25.9 Å². The number of carbonyl (C=O) groups is 2. The van der Waals surface area contributed by atoms with Crippen molar-refractivity contribution in [3.63, 3.8) is 0 Å². The van der Waals surface area contributed by atoms with Gasteiger partial charge in [0.05, 0.1) is 11.3 Å². The molecule has 26 heavy (non-hydrogen) atoms. The largest absolute Gasteiger partial charge is 0.391 e. The number of rotatable bonds is 2. The Balaban J connectivity index is 1.83. The minimum Gasteiger partial charge on any atom is -0.315 e. The van der Waals surface area contributed by atoms with Gasteiger partial charge in [-0.05, 0) is 52.0 Å². The van der Waals surface area contributed by atoms with E-state index in [1.54, 1.807) is 6.92 Å². The fourth-order valence-corrected chi connectivity index (χ4v) is 5.12. The molecule has 2 saturated heterocycles. The van der Waals surface area contributed by atoms with Gasteiger partial charge >= 0.3 is 12.2 Å². The molecule has 3 aliphatic rings. The smallest absolute Gasteiger partial charge is 0.315 e. The van der Waals surface area contributed by atoms with E-state index in [2.05, 4.69) is 5.32 Å². The highest BCUT2D eigenvalue weighted by molar-refractivity contribution is 6.25. The molecule has 5 nitrogen and oxygen atoms in total. The lowest BCUT2D eigenvalue weighted by Crippen LogP contribution is -2.57. The number of carbonyl (C=O) groups excluding carboxylic acids is 2. The first-order valence-electron chi connectivity index (χ1n) is 9.30. The van der Waals surface area contributed by atoms with Gasteiger partial charge in [0.25, 0.3) is 5.91 Å². The van der Waals surface area contributed by atoms with Gasteiger partial charge in [0.2, 0.25) is 0 Å². The van der Waals surface area contributed by atoms with Crippen molar-refractivity contribution in [1.29, 1.82) is 0 Å². The van der Waals surface area contributed by atoms with E-state index in [1.165, 1.54) is 9.80 Å². The van der Waals surface area contributed by atoms with E-state index in [4.69, 9.17) is 11.6 Å². The minimum atomic E-state index is -4.21. The van der Waals surface area contributed by atoms with Crippen molar-refractivity contribution in [2.24, 2.45) is 5.92 Å². The van der Waals surface area contributed by atoms with Crippen LogP contribution in [0, 0.1) is 5.92 Å². The normalized spacial score (nSPS) is 36.7. The van der Waals surface area contributed by atoms with Crippen molar-refractivity contribution in [3.05, 3.63) is 0 Å². The average molecular weight is 396 g/mol. The Kier molecular flexibility index (Phi) is 5.45. The molecule has 2 heterocycles. The number of alkyl halides is 4. The van der Waals surface area contributed by atoms with Gasteiger partial charge in [0, 0.05) is 19.1 Å². The molecule has 148 valence electrons. The SMILES string of the molecule is CCN1C(=O)N(C2CCC(C(F)(F)F)CC2)C(=O)C12CCCNCC2Cl. The van der Waals surface area contributed by atoms with Crippen LogP contribution in [0.5, 0.6) is 0 Å². The van der Waals surface area contributed by atoms with Crippen LogP contribution < -0.4 is 5.32 Å². The summed E-state index contributed by atoms with van der Waals surface area (Å²) in [5.74, 6) is -1.67. The summed E-state index contributed by atoms with van der Waals surface area (Å²) in [6, 6.07) is -0.873. The zero-order valence-corrected chi connectivity index (χ0v) is 15.6. The molecule has 2 atom stereocenters. The van der Waals surface area contributed by atoms with Gasteiger partial charge in [0.15, 0.2) is 0 Å². The predicted octanol–water partition coefficient (Wildman–Crippen LogP) is 3.12. The summed E-state index contributed by atoms with van der Waals surface area (Å²) in [6.07, 6.45) is -2.73. The minimum absolute atomic E-state index is 0.0454. The van der Waals surface area contributed by atoms with Crippen molar-refractivity contribution >= 4 is 23.5 Å². The van der Waals surface area contributed by atoms with Gasteiger partial charge < -0.3 is 10.2 Å². The number of likely N-dealkylation sites (N-methyl/N-ethyl adjacent to an activating group) is 1. The monoisotopic (exact) mass is 395 g/mol. The lowest BCUT2D eigenvalue weighted by atomic mass is 9.84. The average Bonchev–Trinajstić information content (AvgIpc) is 2.70. The molecule has 3 rings (SSSR count). The van der Waals surface area contributed by atoms with Crippen LogP contribution in [0.4, 0.5) is 18.0 Å². The molecule has 3 amide bonds. The van der Waals surface area contributed by atoms with Crippen LogP contribution in [0.25, 0.3) is 0 Å². The maximum Gasteiger partial charge on any atom is 0.391 e. The second kappa shape index (κ2) is 7.19. The van der Waals surface area contributed by atoms with Crippen molar-refractivity contribution in [2.75, 3.05) is 19.6 Å². The third-order valence-corrected chi connectivity index (χ3v) is 6.62. The zero-order chi connectivity index (χ0) is 19.1. The first-order chi connectivity index (χ1) is 12.2. The van der Waals surface area contributed by atoms with Gasteiger partial charge in [-0.25, -0.2) is 4.79 Å². The number of hydrogen-bond donors (Lipinski definition) is 1. The number of hydrogen-bond acceptors (Lipinski definition) is 3. The molecule has 2 aliphatic heterocycles. The van der Waals surface area contributed by atoms with Crippen LogP contribution in [-0.2, 0) is 4.79 Å². The van der Waals surface area contributed by atoms with Crippen molar-refractivity contribution in [1.82, 2.24) is 15.1 Å². The fourth-order valence-electron chi connectivity index (χ4n) is 4.69. The number of amides is 3. The number of imide groups is 1. The predicted molar refractivity (Wildman–Crippen MR) is 90.9 cm³/mol. The first kappa shape index (κ1) is 19.7. The Hall–Kier alpha value is -1.02. The molecule has 1 saturated carbocycles. The fraction of sp³-hybridized carbons (Fsp3) is 0.882. The van der Waals surface area contributed by atoms with Gasteiger partial charge in [-0.3, -0.25) is 9.69 Å². The van der Waals surface area contributed by atoms with Crippen LogP contribution in [0.2, 0.25) is 0 Å². The molecule has 1 spiro atoms. The summed E-state index contributed by atoms with van der Waals surface area (Å²) in [6.45, 7) is 3.30. The van der Waals surface area contributed by atoms with E-state index < -0.39 is 35.1 Å². The highest BCUT2D eigenvalue weighted by Gasteiger charge is 2.61. The molecule has 2 unspecified atom stereocenters. The molecule has 0 aromatic heterocycles. The molecule has 3 fully saturated rings. The molecule has 1 aliphatic carbocycles. The topological polar surface area (TPSA) is 52.7 Å². The highest BCUT2D eigenvalue weighted by atomic mass is 35.5. The van der Waals surface area contributed by atoms with Crippen LogP contribution in [0.15, 0.2) is 0 Å². The first-order valence-corrected chi connectivity index (χ1v) is 9.74. The summed E-state index contributed by atoms with van der Waals surface area (Å²) < 4.78 is 38.8. The molecule has 0 radical (unpaired) electrons. The van der Waals surface area contributed by atoms with Gasteiger partial charge in [-0.1, -0.05) is 0 Å². The lowest BCUT2D eigenvalue weighted by molar-refractivity contribution is -0.184. The Labute approximate surface area is 156 Å². The van der Waals surface area contributed by atoms with Crippen LogP contribution in [0.3, 0.4) is 0 Å². The van der Waals surface area contributed by atoms with Gasteiger partial charge in [0.1, 0.15) is 5.54 Å². The summed E-state index contributed by atoms with van der Waals surface area (Å²) in [4.78, 5) is 29.1. The van der Waals surface area contributed by atoms with E-state index in [0.717, 1.165) is 6.54 Å². The van der Waals surface area contributed by atoms with E-state index in [1.807, 2.05) is 0 Å². The Morgan fingerprint density at radius 3 is 2.46 bits per heavy atom. The third kappa shape index (κ3) is 3.09. The molecule has 0 bridgehead atoms. The summed E-state index contributed by atoms with van der Waals surface area (Å²) >= 11 is 6.55. The zero-order valence-electron chi connectivity index (χ0n) is 14.8. The second-order valence-electron chi connectivity index (χ2n) is 7.45. The van der Waals surface area contributed by atoms with E-state index >= 15 is 0 Å². The number of nitrogens with one attached hydrogen (secondary N) is 1. The molecular formula is C17H25ClF3N3O2. The summed E-state index contributed by atoms with van der Waals surface area (Å²) in [5.41, 5.74) is -1.09. The van der Waals surface area contributed by atoms with Crippen LogP contribution in [-0.4, -0.2) is 64.5 Å². The van der Waals surface area contributed by atoms with Gasteiger partial charge in [-0.15, -0.1) is 11.6 Å². The standard InChI is InChI=1S/C17H25ClF3N3O2/c1-2-23-15(26)24(12-6-4-11(5-7-12)17(19,20)21)14(25)16(23)8-3-9-22-10-13(16)18/h11-13,22H,2-10H2,1H3. The molecular weight excluding hydrogens is 371 g/mol. The van der Waals surface area contributed by atoms with Crippen molar-refractivity contribution in [3.8, 4) is 0 Å². The molecule has 0 aromatic carbocycles. The molecule has 9 heteroatoms. The molecule has 1 N–H and O–H groups in total. The number of halogens is 4. The van der Waals surface area contributed by atoms with Crippen LogP contribution in [0.1, 0.15) is 45.4 Å². The quantitative estimate of drug-likeness (QED) is 0.577. The van der Waals surface area contributed by atoms with Crippen molar-refractivity contribution in [2.45, 2.75) is 68.6 Å². The third-order valence-electron chi connectivity index (χ3n) is 6.10. The highest BCUT2D eigenvalue weighted by Crippen LogP contribution is 2.44.